The third-order valence-electron chi connectivity index (χ3n) is 1.74. The van der Waals surface area contributed by atoms with Gasteiger partial charge in [-0.05, 0) is 18.2 Å². The Labute approximate surface area is 79.8 Å². The fraction of sp³-hybridized carbons (Fsp3) is 0.200. The van der Waals surface area contributed by atoms with Gasteiger partial charge in [-0.1, -0.05) is 18.2 Å². The summed E-state index contributed by atoms with van der Waals surface area (Å²) in [6.07, 6.45) is 3.09. The number of ether oxygens (including phenoxy) is 2. The fourth-order valence-corrected chi connectivity index (χ4v) is 1.17. The summed E-state index contributed by atoms with van der Waals surface area (Å²) in [5.41, 5.74) is 0.738. The maximum Gasteiger partial charge on any atom is 0.348 e. The molecule has 2 rings (SSSR count). The van der Waals surface area contributed by atoms with E-state index in [1.54, 1.807) is 18.2 Å². The Morgan fingerprint density at radius 2 is 2.14 bits per heavy atom. The van der Waals surface area contributed by atoms with E-state index in [0.29, 0.717) is 5.75 Å². The quantitative estimate of drug-likeness (QED) is 0.724. The van der Waals surface area contributed by atoms with Gasteiger partial charge in [-0.2, -0.15) is 8.78 Å². The molecule has 0 amide bonds. The number of hydrogen-bond acceptors (Lipinski definition) is 2. The summed E-state index contributed by atoms with van der Waals surface area (Å²) >= 11 is 0. The molecule has 14 heavy (non-hydrogen) atoms. The second-order valence-corrected chi connectivity index (χ2v) is 2.69. The summed E-state index contributed by atoms with van der Waals surface area (Å²) in [7, 11) is 0. The van der Waals surface area contributed by atoms with Gasteiger partial charge in [0.25, 0.3) is 0 Å². The molecule has 1 aromatic rings. The lowest BCUT2D eigenvalue weighted by atomic mass is 10.1. The second-order valence-electron chi connectivity index (χ2n) is 2.69. The second kappa shape index (κ2) is 3.75. The van der Waals surface area contributed by atoms with Crippen molar-refractivity contribution in [3.05, 3.63) is 42.0 Å². The standard InChI is InChI=1S/C10H7F2O2/c11-10(12)14-9-6-5-7-3-1-2-4-8(7)13-9/h1-4,6,9-10H. The van der Waals surface area contributed by atoms with Crippen molar-refractivity contribution in [2.45, 2.75) is 12.9 Å². The highest BCUT2D eigenvalue weighted by atomic mass is 19.3. The van der Waals surface area contributed by atoms with Crippen LogP contribution in [0, 0.1) is 6.08 Å². The van der Waals surface area contributed by atoms with Crippen LogP contribution in [0.2, 0.25) is 0 Å². The van der Waals surface area contributed by atoms with Crippen LogP contribution in [0.5, 0.6) is 5.75 Å². The summed E-state index contributed by atoms with van der Waals surface area (Å²) in [4.78, 5) is 0. The minimum absolute atomic E-state index is 0.501. The van der Waals surface area contributed by atoms with Gasteiger partial charge < -0.3 is 4.74 Å². The molecule has 1 aromatic carbocycles. The minimum atomic E-state index is -2.84. The van der Waals surface area contributed by atoms with Crippen molar-refractivity contribution in [2.24, 2.45) is 0 Å². The minimum Gasteiger partial charge on any atom is -0.460 e. The summed E-state index contributed by atoms with van der Waals surface area (Å²) < 4.78 is 33.0. The Morgan fingerprint density at radius 1 is 1.36 bits per heavy atom. The summed E-state index contributed by atoms with van der Waals surface area (Å²) in [5, 5.41) is 0. The number of rotatable bonds is 2. The highest BCUT2D eigenvalue weighted by molar-refractivity contribution is 5.40. The molecular weight excluding hydrogens is 190 g/mol. The van der Waals surface area contributed by atoms with Crippen molar-refractivity contribution in [2.75, 3.05) is 0 Å². The van der Waals surface area contributed by atoms with Crippen molar-refractivity contribution in [1.82, 2.24) is 0 Å². The SMILES string of the molecule is FC(F)OC1C=[C]c2ccccc2O1. The third-order valence-corrected chi connectivity index (χ3v) is 1.74. The lowest BCUT2D eigenvalue weighted by molar-refractivity contribution is -0.200. The van der Waals surface area contributed by atoms with Crippen molar-refractivity contribution in [3.8, 4) is 5.75 Å². The average Bonchev–Trinajstić information content (AvgIpc) is 2.17. The molecule has 0 saturated carbocycles. The topological polar surface area (TPSA) is 18.5 Å². The molecule has 0 fully saturated rings. The van der Waals surface area contributed by atoms with Crippen molar-refractivity contribution >= 4 is 0 Å². The van der Waals surface area contributed by atoms with Crippen LogP contribution in [0.25, 0.3) is 0 Å². The number of hydrogen-bond donors (Lipinski definition) is 0. The zero-order valence-corrected chi connectivity index (χ0v) is 7.11. The lowest BCUT2D eigenvalue weighted by Gasteiger charge is -2.20. The Kier molecular flexibility index (Phi) is 2.45. The van der Waals surface area contributed by atoms with Crippen LogP contribution < -0.4 is 4.74 Å². The van der Waals surface area contributed by atoms with Crippen molar-refractivity contribution < 1.29 is 18.3 Å². The van der Waals surface area contributed by atoms with E-state index in [2.05, 4.69) is 10.8 Å². The van der Waals surface area contributed by atoms with Crippen LogP contribution in [-0.4, -0.2) is 12.9 Å². The molecule has 1 heterocycles. The average molecular weight is 197 g/mol. The molecule has 1 unspecified atom stereocenters. The van der Waals surface area contributed by atoms with Crippen LogP contribution in [-0.2, 0) is 4.74 Å². The maximum atomic E-state index is 11.8. The number of benzene rings is 1. The Morgan fingerprint density at radius 3 is 2.93 bits per heavy atom. The number of para-hydroxylation sites is 1. The van der Waals surface area contributed by atoms with Crippen molar-refractivity contribution in [3.63, 3.8) is 0 Å². The van der Waals surface area contributed by atoms with Gasteiger partial charge in [0.1, 0.15) is 5.75 Å². The number of halogens is 2. The highest BCUT2D eigenvalue weighted by Crippen LogP contribution is 2.24. The van der Waals surface area contributed by atoms with E-state index in [1.165, 1.54) is 6.08 Å². The molecule has 0 bridgehead atoms. The van der Waals surface area contributed by atoms with Gasteiger partial charge in [0, 0.05) is 5.56 Å². The first-order chi connectivity index (χ1) is 6.75. The van der Waals surface area contributed by atoms with Gasteiger partial charge in [-0.3, -0.25) is 4.74 Å². The lowest BCUT2D eigenvalue weighted by Crippen LogP contribution is -2.23. The van der Waals surface area contributed by atoms with Gasteiger partial charge in [0.05, 0.1) is 0 Å². The van der Waals surface area contributed by atoms with Crippen LogP contribution in [0.15, 0.2) is 30.3 Å². The summed E-state index contributed by atoms with van der Waals surface area (Å²) in [6, 6.07) is 7.03. The normalized spacial score (nSPS) is 19.2. The van der Waals surface area contributed by atoms with Gasteiger partial charge in [0.15, 0.2) is 0 Å². The number of alkyl halides is 2. The molecule has 2 nitrogen and oxygen atoms in total. The predicted molar refractivity (Wildman–Crippen MR) is 44.9 cm³/mol. The molecule has 0 aromatic heterocycles. The zero-order chi connectivity index (χ0) is 9.97. The Balaban J connectivity index is 2.13. The molecule has 0 aliphatic carbocycles. The predicted octanol–water partition coefficient (Wildman–Crippen LogP) is 2.35. The Bertz CT molecular complexity index is 350. The van der Waals surface area contributed by atoms with Gasteiger partial charge in [-0.25, -0.2) is 0 Å². The van der Waals surface area contributed by atoms with Crippen LogP contribution >= 0.6 is 0 Å². The fourth-order valence-electron chi connectivity index (χ4n) is 1.17. The monoisotopic (exact) mass is 197 g/mol. The molecule has 0 N–H and O–H groups in total. The van der Waals surface area contributed by atoms with Gasteiger partial charge in [-0.15, -0.1) is 0 Å². The van der Waals surface area contributed by atoms with Gasteiger partial charge in [0.2, 0.25) is 6.29 Å². The molecule has 4 heteroatoms. The van der Waals surface area contributed by atoms with Crippen LogP contribution in [0.3, 0.4) is 0 Å². The summed E-state index contributed by atoms with van der Waals surface area (Å²) in [6.45, 7) is -2.84. The maximum absolute atomic E-state index is 11.8. The first-order valence-electron chi connectivity index (χ1n) is 4.05. The first-order valence-corrected chi connectivity index (χ1v) is 4.05. The first kappa shape index (κ1) is 9.15. The van der Waals surface area contributed by atoms with Crippen molar-refractivity contribution in [1.29, 1.82) is 0 Å². The Hall–Kier alpha value is -1.42. The summed E-state index contributed by atoms with van der Waals surface area (Å²) in [5.74, 6) is 0.501. The van der Waals surface area contributed by atoms with E-state index < -0.39 is 12.9 Å². The molecule has 0 spiro atoms. The largest absolute Gasteiger partial charge is 0.460 e. The molecule has 1 aliphatic heterocycles. The zero-order valence-electron chi connectivity index (χ0n) is 7.11. The van der Waals surface area contributed by atoms with E-state index in [-0.39, 0.29) is 0 Å². The van der Waals surface area contributed by atoms with E-state index in [4.69, 9.17) is 4.74 Å². The third kappa shape index (κ3) is 1.90. The van der Waals surface area contributed by atoms with Gasteiger partial charge >= 0.3 is 6.61 Å². The van der Waals surface area contributed by atoms with Crippen LogP contribution in [0.4, 0.5) is 8.78 Å². The van der Waals surface area contributed by atoms with Crippen LogP contribution in [0.1, 0.15) is 5.56 Å². The van der Waals surface area contributed by atoms with E-state index in [1.807, 2.05) is 6.07 Å². The molecular formula is C10H7F2O2. The smallest absolute Gasteiger partial charge is 0.348 e. The molecule has 1 radical (unpaired) electrons. The molecule has 1 aliphatic rings. The van der Waals surface area contributed by atoms with E-state index in [9.17, 15) is 8.78 Å². The van der Waals surface area contributed by atoms with E-state index in [0.717, 1.165) is 5.56 Å². The highest BCUT2D eigenvalue weighted by Gasteiger charge is 2.18. The molecule has 73 valence electrons. The molecule has 0 saturated heterocycles. The molecule has 1 atom stereocenters. The number of fused-ring (bicyclic) bond motifs is 1. The van der Waals surface area contributed by atoms with E-state index >= 15 is 0 Å².